The molecule has 2 fully saturated rings. The molecular weight excluding hydrogens is 415 g/mol. The number of rotatable bonds is 8. The number of alkyl halides is 3. The highest BCUT2D eigenvalue weighted by atomic mass is 19.4. The molecule has 2 saturated heterocycles. The van der Waals surface area contributed by atoms with E-state index in [4.69, 9.17) is 0 Å². The molecule has 2 aromatic rings. The van der Waals surface area contributed by atoms with Crippen LogP contribution in [0.5, 0.6) is 0 Å². The molecule has 0 aromatic heterocycles. The summed E-state index contributed by atoms with van der Waals surface area (Å²) in [6.45, 7) is 3.85. The minimum Gasteiger partial charge on any atom is -0.335 e. The van der Waals surface area contributed by atoms with Gasteiger partial charge in [-0.1, -0.05) is 48.5 Å². The highest BCUT2D eigenvalue weighted by Crippen LogP contribution is 2.30. The minimum atomic E-state index is -4.32. The van der Waals surface area contributed by atoms with E-state index in [-0.39, 0.29) is 18.0 Å². The van der Waals surface area contributed by atoms with E-state index in [2.05, 4.69) is 39.4 Å². The molecule has 0 bridgehead atoms. The fraction of sp³-hybridized carbons (Fsp3) is 0.480. The summed E-state index contributed by atoms with van der Waals surface area (Å²) in [5.74, 6) is 0.236. The standard InChI is InChI=1S/C25H30F3N3O/c26-25(27,28)21-8-4-7-20(15-21)16-29-13-11-22-9-10-24(32)31(22)23-12-14-30(18-23)17-19-5-2-1-3-6-19/h1-8,15,22-23,29H,9-14,16-18H2/t22-,23-/m0/s1. The van der Waals surface area contributed by atoms with E-state index < -0.39 is 11.7 Å². The summed E-state index contributed by atoms with van der Waals surface area (Å²) < 4.78 is 38.6. The monoisotopic (exact) mass is 445 g/mol. The molecule has 0 radical (unpaired) electrons. The van der Waals surface area contributed by atoms with Crippen LogP contribution in [0.25, 0.3) is 0 Å². The number of halogens is 3. The highest BCUT2D eigenvalue weighted by Gasteiger charge is 2.38. The topological polar surface area (TPSA) is 35.6 Å². The summed E-state index contributed by atoms with van der Waals surface area (Å²) in [6.07, 6.45) is -1.06. The van der Waals surface area contributed by atoms with Crippen LogP contribution in [0.3, 0.4) is 0 Å². The van der Waals surface area contributed by atoms with Crippen LogP contribution < -0.4 is 5.32 Å². The first-order chi connectivity index (χ1) is 15.4. The van der Waals surface area contributed by atoms with E-state index in [0.717, 1.165) is 45.0 Å². The molecule has 4 nitrogen and oxygen atoms in total. The first kappa shape index (κ1) is 22.8. The van der Waals surface area contributed by atoms with Gasteiger partial charge in [0.25, 0.3) is 0 Å². The summed E-state index contributed by atoms with van der Waals surface area (Å²) in [7, 11) is 0. The molecule has 172 valence electrons. The normalized spacial score (nSPS) is 22.1. The van der Waals surface area contributed by atoms with Crippen molar-refractivity contribution in [3.05, 3.63) is 71.3 Å². The predicted octanol–water partition coefficient (Wildman–Crippen LogP) is 4.45. The second-order valence-electron chi connectivity index (χ2n) is 8.82. The average molecular weight is 446 g/mol. The van der Waals surface area contributed by atoms with Crippen molar-refractivity contribution < 1.29 is 18.0 Å². The van der Waals surface area contributed by atoms with Crippen LogP contribution in [0, 0.1) is 0 Å². The average Bonchev–Trinajstić information content (AvgIpc) is 3.37. The fourth-order valence-electron chi connectivity index (χ4n) is 4.93. The largest absolute Gasteiger partial charge is 0.416 e. The summed E-state index contributed by atoms with van der Waals surface area (Å²) in [5, 5.41) is 3.26. The minimum absolute atomic E-state index is 0.207. The molecule has 1 N–H and O–H groups in total. The Labute approximate surface area is 187 Å². The van der Waals surface area contributed by atoms with Gasteiger partial charge in [0.05, 0.1) is 5.56 Å². The van der Waals surface area contributed by atoms with Gasteiger partial charge < -0.3 is 10.2 Å². The van der Waals surface area contributed by atoms with E-state index in [1.54, 1.807) is 6.07 Å². The number of hydrogen-bond acceptors (Lipinski definition) is 3. The lowest BCUT2D eigenvalue weighted by Crippen LogP contribution is -2.44. The van der Waals surface area contributed by atoms with Gasteiger partial charge in [0, 0.05) is 44.7 Å². The molecule has 2 atom stereocenters. The zero-order chi connectivity index (χ0) is 22.6. The van der Waals surface area contributed by atoms with Crippen LogP contribution in [-0.4, -0.2) is 47.4 Å². The number of hydrogen-bond donors (Lipinski definition) is 1. The van der Waals surface area contributed by atoms with Crippen LogP contribution in [0.1, 0.15) is 42.4 Å². The molecule has 0 spiro atoms. The SMILES string of the molecule is O=C1CC[C@@H](CCNCc2cccc(C(F)(F)F)c2)N1[C@H]1CCN(Cc2ccccc2)C1. The van der Waals surface area contributed by atoms with E-state index in [1.807, 2.05) is 6.07 Å². The van der Waals surface area contributed by atoms with Crippen molar-refractivity contribution in [1.29, 1.82) is 0 Å². The highest BCUT2D eigenvalue weighted by molar-refractivity contribution is 5.79. The summed E-state index contributed by atoms with van der Waals surface area (Å²) in [6, 6.07) is 16.3. The Morgan fingerprint density at radius 1 is 1.00 bits per heavy atom. The van der Waals surface area contributed by atoms with Gasteiger partial charge in [-0.15, -0.1) is 0 Å². The molecule has 2 aromatic carbocycles. The molecule has 7 heteroatoms. The Balaban J connectivity index is 1.26. The van der Waals surface area contributed by atoms with Crippen molar-refractivity contribution in [2.75, 3.05) is 19.6 Å². The Hall–Kier alpha value is -2.38. The second kappa shape index (κ2) is 10.0. The number of likely N-dealkylation sites (tertiary alicyclic amines) is 2. The number of nitrogens with one attached hydrogen (secondary N) is 1. The Bertz CT molecular complexity index is 903. The lowest BCUT2D eigenvalue weighted by molar-refractivity contribution is -0.137. The third-order valence-corrected chi connectivity index (χ3v) is 6.50. The Morgan fingerprint density at radius 3 is 2.56 bits per heavy atom. The van der Waals surface area contributed by atoms with Crippen molar-refractivity contribution >= 4 is 5.91 Å². The van der Waals surface area contributed by atoms with E-state index >= 15 is 0 Å². The van der Waals surface area contributed by atoms with Gasteiger partial charge >= 0.3 is 6.18 Å². The second-order valence-corrected chi connectivity index (χ2v) is 8.82. The van der Waals surface area contributed by atoms with Crippen molar-refractivity contribution in [3.8, 4) is 0 Å². The van der Waals surface area contributed by atoms with Crippen LogP contribution in [0.4, 0.5) is 13.2 Å². The number of nitrogens with zero attached hydrogens (tertiary/aromatic N) is 2. The quantitative estimate of drug-likeness (QED) is 0.610. The van der Waals surface area contributed by atoms with Gasteiger partial charge in [-0.2, -0.15) is 13.2 Å². The zero-order valence-corrected chi connectivity index (χ0v) is 18.2. The molecule has 1 amide bonds. The van der Waals surface area contributed by atoms with Gasteiger partial charge in [0.1, 0.15) is 0 Å². The first-order valence-electron chi connectivity index (χ1n) is 11.3. The third-order valence-electron chi connectivity index (χ3n) is 6.50. The maximum Gasteiger partial charge on any atom is 0.416 e. The van der Waals surface area contributed by atoms with E-state index in [9.17, 15) is 18.0 Å². The zero-order valence-electron chi connectivity index (χ0n) is 18.2. The van der Waals surface area contributed by atoms with Gasteiger partial charge in [0.15, 0.2) is 0 Å². The summed E-state index contributed by atoms with van der Waals surface area (Å²) in [4.78, 5) is 17.1. The molecule has 0 unspecified atom stereocenters. The number of carbonyl (C=O) groups excluding carboxylic acids is 1. The van der Waals surface area contributed by atoms with Crippen LogP contribution >= 0.6 is 0 Å². The molecule has 4 rings (SSSR count). The summed E-state index contributed by atoms with van der Waals surface area (Å²) in [5.41, 5.74) is 1.29. The summed E-state index contributed by atoms with van der Waals surface area (Å²) >= 11 is 0. The van der Waals surface area contributed by atoms with Crippen molar-refractivity contribution in [1.82, 2.24) is 15.1 Å². The smallest absolute Gasteiger partial charge is 0.335 e. The molecule has 32 heavy (non-hydrogen) atoms. The van der Waals surface area contributed by atoms with Crippen molar-refractivity contribution in [3.63, 3.8) is 0 Å². The van der Waals surface area contributed by atoms with Crippen LogP contribution in [-0.2, 0) is 24.1 Å². The van der Waals surface area contributed by atoms with Gasteiger partial charge in [-0.3, -0.25) is 9.69 Å². The maximum absolute atomic E-state index is 12.9. The van der Waals surface area contributed by atoms with Gasteiger partial charge in [-0.05, 0) is 43.0 Å². The van der Waals surface area contributed by atoms with Crippen molar-refractivity contribution in [2.24, 2.45) is 0 Å². The molecular formula is C25H30F3N3O. The Morgan fingerprint density at radius 2 is 1.78 bits per heavy atom. The first-order valence-corrected chi connectivity index (χ1v) is 11.3. The fourth-order valence-corrected chi connectivity index (χ4v) is 4.93. The molecule has 0 saturated carbocycles. The molecule has 2 heterocycles. The number of benzene rings is 2. The number of amides is 1. The van der Waals surface area contributed by atoms with E-state index in [0.29, 0.717) is 25.1 Å². The van der Waals surface area contributed by atoms with E-state index in [1.165, 1.54) is 17.7 Å². The van der Waals surface area contributed by atoms with Crippen molar-refractivity contribution in [2.45, 2.75) is 57.0 Å². The lowest BCUT2D eigenvalue weighted by Gasteiger charge is -2.31. The molecule has 0 aliphatic carbocycles. The van der Waals surface area contributed by atoms with Crippen LogP contribution in [0.2, 0.25) is 0 Å². The Kier molecular flexibility index (Phi) is 7.16. The predicted molar refractivity (Wildman–Crippen MR) is 118 cm³/mol. The molecule has 2 aliphatic rings. The van der Waals surface area contributed by atoms with Gasteiger partial charge in [0.2, 0.25) is 5.91 Å². The number of carbonyl (C=O) groups is 1. The maximum atomic E-state index is 12.9. The van der Waals surface area contributed by atoms with Crippen LogP contribution in [0.15, 0.2) is 54.6 Å². The third kappa shape index (κ3) is 5.70. The molecule has 2 aliphatic heterocycles. The van der Waals surface area contributed by atoms with Gasteiger partial charge in [-0.25, -0.2) is 0 Å². The lowest BCUT2D eigenvalue weighted by atomic mass is 10.1.